The van der Waals surface area contributed by atoms with Gasteiger partial charge in [0.1, 0.15) is 0 Å². The topological polar surface area (TPSA) is 91.0 Å². The average molecular weight is 429 g/mol. The molecule has 0 spiro atoms. The van der Waals surface area contributed by atoms with E-state index in [1.165, 1.54) is 0 Å². The second-order valence-corrected chi connectivity index (χ2v) is 8.06. The number of rotatable bonds is 6. The van der Waals surface area contributed by atoms with Gasteiger partial charge in [0.05, 0.1) is 42.7 Å². The molecule has 0 atom stereocenters. The molecule has 32 heavy (non-hydrogen) atoms. The Bertz CT molecular complexity index is 1350. The van der Waals surface area contributed by atoms with Crippen LogP contribution in [0.5, 0.6) is 0 Å². The van der Waals surface area contributed by atoms with Crippen molar-refractivity contribution in [3.8, 4) is 11.3 Å². The maximum atomic E-state index is 13.0. The van der Waals surface area contributed by atoms with E-state index in [4.69, 9.17) is 4.74 Å². The minimum absolute atomic E-state index is 0.119. The van der Waals surface area contributed by atoms with Crippen LogP contribution in [-0.2, 0) is 18.3 Å². The lowest BCUT2D eigenvalue weighted by Crippen LogP contribution is -2.39. The molecule has 8 nitrogen and oxygen atoms in total. The maximum Gasteiger partial charge on any atom is 0.261 e. The van der Waals surface area contributed by atoms with Crippen molar-refractivity contribution < 1.29 is 9.53 Å². The number of hydrogen-bond donors (Lipinski definition) is 1. The Morgan fingerprint density at radius 2 is 2.06 bits per heavy atom. The summed E-state index contributed by atoms with van der Waals surface area (Å²) in [7, 11) is 1.88. The van der Waals surface area contributed by atoms with Crippen molar-refractivity contribution in [1.82, 2.24) is 24.6 Å². The van der Waals surface area contributed by atoms with Crippen LogP contribution in [0.4, 0.5) is 0 Å². The number of fused-ring (bicyclic) bond motifs is 1. The number of nitrogens with zero attached hydrogens (tertiary/aromatic N) is 4. The van der Waals surface area contributed by atoms with Crippen LogP contribution in [0.25, 0.3) is 22.2 Å². The van der Waals surface area contributed by atoms with Crippen LogP contribution in [0.2, 0.25) is 0 Å². The Balaban J connectivity index is 1.37. The SMILES string of the molecule is Cn1nccc1-c1ccc2c(=O)n(Cc3cccc(C(=O)NCC4COC4)c3)cnc2c1. The van der Waals surface area contributed by atoms with Gasteiger partial charge in [-0.3, -0.25) is 18.8 Å². The predicted octanol–water partition coefficient (Wildman–Crippen LogP) is 2.22. The number of benzene rings is 2. The molecule has 4 aromatic rings. The summed E-state index contributed by atoms with van der Waals surface area (Å²) in [6.45, 7) is 2.34. The number of aryl methyl sites for hydroxylation is 1. The molecule has 1 fully saturated rings. The van der Waals surface area contributed by atoms with Gasteiger partial charge in [-0.1, -0.05) is 18.2 Å². The first-order valence-corrected chi connectivity index (χ1v) is 10.5. The van der Waals surface area contributed by atoms with Crippen LogP contribution in [0.1, 0.15) is 15.9 Å². The van der Waals surface area contributed by atoms with E-state index < -0.39 is 0 Å². The summed E-state index contributed by atoms with van der Waals surface area (Å²) in [5.74, 6) is 0.271. The molecule has 162 valence electrons. The third-order valence-electron chi connectivity index (χ3n) is 5.74. The number of hydrogen-bond acceptors (Lipinski definition) is 5. The molecule has 2 aromatic heterocycles. The summed E-state index contributed by atoms with van der Waals surface area (Å²) in [6, 6.07) is 14.9. The summed E-state index contributed by atoms with van der Waals surface area (Å²) in [6.07, 6.45) is 3.29. The first-order chi connectivity index (χ1) is 15.6. The van der Waals surface area contributed by atoms with Gasteiger partial charge in [0.25, 0.3) is 11.5 Å². The Morgan fingerprint density at radius 3 is 2.81 bits per heavy atom. The molecule has 1 saturated heterocycles. The van der Waals surface area contributed by atoms with Gasteiger partial charge >= 0.3 is 0 Å². The van der Waals surface area contributed by atoms with E-state index in [0.717, 1.165) is 16.8 Å². The van der Waals surface area contributed by atoms with Gasteiger partial charge in [0, 0.05) is 36.8 Å². The lowest BCUT2D eigenvalue weighted by molar-refractivity contribution is -0.0298. The Kier molecular flexibility index (Phi) is 5.28. The van der Waals surface area contributed by atoms with Crippen LogP contribution in [0.3, 0.4) is 0 Å². The molecule has 0 saturated carbocycles. The highest BCUT2D eigenvalue weighted by molar-refractivity contribution is 5.94. The quantitative estimate of drug-likeness (QED) is 0.508. The van der Waals surface area contributed by atoms with Crippen molar-refractivity contribution in [2.45, 2.75) is 6.54 Å². The third-order valence-corrected chi connectivity index (χ3v) is 5.74. The van der Waals surface area contributed by atoms with Crippen molar-refractivity contribution in [2.75, 3.05) is 19.8 Å². The number of amides is 1. The van der Waals surface area contributed by atoms with Crippen molar-refractivity contribution in [1.29, 1.82) is 0 Å². The fourth-order valence-corrected chi connectivity index (χ4v) is 3.84. The minimum atomic E-state index is -0.120. The largest absolute Gasteiger partial charge is 0.381 e. The standard InChI is InChI=1S/C24H23N5O3/c1-28-22(7-8-27-28)18-5-6-20-21(10-18)26-15-29(24(20)31)12-16-3-2-4-19(9-16)23(30)25-11-17-13-32-14-17/h2-10,15,17H,11-14H2,1H3,(H,25,30). The van der Waals surface area contributed by atoms with Crippen molar-refractivity contribution in [3.05, 3.63) is 82.5 Å². The molecule has 3 heterocycles. The highest BCUT2D eigenvalue weighted by atomic mass is 16.5. The molecule has 1 amide bonds. The van der Waals surface area contributed by atoms with E-state index in [0.29, 0.717) is 48.7 Å². The Hall–Kier alpha value is -3.78. The zero-order chi connectivity index (χ0) is 22.1. The summed E-state index contributed by atoms with van der Waals surface area (Å²) in [5, 5.41) is 7.69. The van der Waals surface area contributed by atoms with E-state index in [2.05, 4.69) is 15.4 Å². The van der Waals surface area contributed by atoms with E-state index in [1.807, 2.05) is 43.4 Å². The molecule has 0 unspecified atom stereocenters. The number of ether oxygens (including phenoxy) is 1. The molecule has 5 rings (SSSR count). The van der Waals surface area contributed by atoms with Crippen molar-refractivity contribution in [2.24, 2.45) is 13.0 Å². The second kappa shape index (κ2) is 8.39. The summed E-state index contributed by atoms with van der Waals surface area (Å²) >= 11 is 0. The van der Waals surface area contributed by atoms with Gasteiger partial charge < -0.3 is 10.1 Å². The number of nitrogens with one attached hydrogen (secondary N) is 1. The minimum Gasteiger partial charge on any atom is -0.381 e. The van der Waals surface area contributed by atoms with Gasteiger partial charge in [-0.15, -0.1) is 0 Å². The molecule has 0 radical (unpaired) electrons. The average Bonchev–Trinajstić information content (AvgIpc) is 3.20. The third kappa shape index (κ3) is 3.92. The van der Waals surface area contributed by atoms with Gasteiger partial charge in [0.15, 0.2) is 0 Å². The van der Waals surface area contributed by atoms with Crippen LogP contribution >= 0.6 is 0 Å². The molecule has 0 aliphatic carbocycles. The molecular weight excluding hydrogens is 406 g/mol. The molecule has 1 aliphatic rings. The molecular formula is C24H23N5O3. The van der Waals surface area contributed by atoms with Gasteiger partial charge in [0.2, 0.25) is 0 Å². The lowest BCUT2D eigenvalue weighted by atomic mass is 10.1. The van der Waals surface area contributed by atoms with E-state index >= 15 is 0 Å². The summed E-state index contributed by atoms with van der Waals surface area (Å²) in [5.41, 5.74) is 3.86. The highest BCUT2D eigenvalue weighted by Gasteiger charge is 2.19. The van der Waals surface area contributed by atoms with E-state index in [1.54, 1.807) is 33.9 Å². The first-order valence-electron chi connectivity index (χ1n) is 10.5. The fraction of sp³-hybridized carbons (Fsp3) is 0.250. The first kappa shape index (κ1) is 20.1. The monoisotopic (exact) mass is 429 g/mol. The summed E-state index contributed by atoms with van der Waals surface area (Å²) < 4.78 is 8.48. The van der Waals surface area contributed by atoms with Gasteiger partial charge in [-0.05, 0) is 35.9 Å². The maximum absolute atomic E-state index is 13.0. The number of carbonyl (C=O) groups is 1. The van der Waals surface area contributed by atoms with Gasteiger partial charge in [-0.25, -0.2) is 4.98 Å². The zero-order valence-corrected chi connectivity index (χ0v) is 17.7. The van der Waals surface area contributed by atoms with E-state index in [9.17, 15) is 9.59 Å². The van der Waals surface area contributed by atoms with Crippen LogP contribution in [0, 0.1) is 5.92 Å². The number of aromatic nitrogens is 4. The molecule has 8 heteroatoms. The summed E-state index contributed by atoms with van der Waals surface area (Å²) in [4.78, 5) is 30.0. The normalized spacial score (nSPS) is 13.8. The van der Waals surface area contributed by atoms with Crippen molar-refractivity contribution in [3.63, 3.8) is 0 Å². The van der Waals surface area contributed by atoms with E-state index in [-0.39, 0.29) is 11.5 Å². The zero-order valence-electron chi connectivity index (χ0n) is 17.7. The van der Waals surface area contributed by atoms with Crippen molar-refractivity contribution >= 4 is 16.8 Å². The number of carbonyl (C=O) groups excluding carboxylic acids is 1. The Morgan fingerprint density at radius 1 is 1.19 bits per heavy atom. The van der Waals surface area contributed by atoms with Crippen LogP contribution < -0.4 is 10.9 Å². The fourth-order valence-electron chi connectivity index (χ4n) is 3.84. The molecule has 0 bridgehead atoms. The van der Waals surface area contributed by atoms with Crippen LogP contribution in [0.15, 0.2) is 65.8 Å². The predicted molar refractivity (Wildman–Crippen MR) is 120 cm³/mol. The Labute approximate surface area is 184 Å². The smallest absolute Gasteiger partial charge is 0.261 e. The lowest BCUT2D eigenvalue weighted by Gasteiger charge is -2.25. The van der Waals surface area contributed by atoms with Gasteiger partial charge in [-0.2, -0.15) is 5.10 Å². The highest BCUT2D eigenvalue weighted by Crippen LogP contribution is 2.21. The molecule has 1 aliphatic heterocycles. The molecule has 1 N–H and O–H groups in total. The second-order valence-electron chi connectivity index (χ2n) is 8.06. The molecule has 2 aromatic carbocycles. The van der Waals surface area contributed by atoms with Crippen LogP contribution in [-0.4, -0.2) is 45.0 Å².